The maximum absolute atomic E-state index is 13.1. The standard InChI is InChI=1S/C20H30FN3O/c1-16(20(25)22-15-17-5-3-2-4-6-17)23-11-13-24(14-12-23)19-9-7-18(21)8-10-19/h7-10,16-17H,2-6,11-15H2,1H3,(H,22,25)/p+1/t16-/m1/s1. The molecule has 4 nitrogen and oxygen atoms in total. The van der Waals surface area contributed by atoms with E-state index in [1.165, 1.54) is 49.1 Å². The summed E-state index contributed by atoms with van der Waals surface area (Å²) in [5, 5.41) is 3.18. The second kappa shape index (κ2) is 8.65. The molecule has 1 atom stereocenters. The highest BCUT2D eigenvalue weighted by Gasteiger charge is 2.29. The lowest BCUT2D eigenvalue weighted by atomic mass is 9.89. The highest BCUT2D eigenvalue weighted by molar-refractivity contribution is 5.79. The van der Waals surface area contributed by atoms with Crippen LogP contribution in [0.2, 0.25) is 0 Å². The number of carbonyl (C=O) groups is 1. The minimum Gasteiger partial charge on any atom is -0.360 e. The number of hydrogen-bond acceptors (Lipinski definition) is 2. The van der Waals surface area contributed by atoms with Crippen molar-refractivity contribution in [2.45, 2.75) is 45.1 Å². The quantitative estimate of drug-likeness (QED) is 0.848. The van der Waals surface area contributed by atoms with Gasteiger partial charge in [0.1, 0.15) is 5.82 Å². The van der Waals surface area contributed by atoms with E-state index < -0.39 is 0 Å². The van der Waals surface area contributed by atoms with Crippen LogP contribution >= 0.6 is 0 Å². The van der Waals surface area contributed by atoms with Gasteiger partial charge < -0.3 is 15.1 Å². The molecule has 0 spiro atoms. The molecule has 3 rings (SSSR count). The van der Waals surface area contributed by atoms with E-state index in [9.17, 15) is 9.18 Å². The van der Waals surface area contributed by atoms with Gasteiger partial charge in [-0.1, -0.05) is 19.3 Å². The maximum Gasteiger partial charge on any atom is 0.278 e. The molecule has 1 amide bonds. The lowest BCUT2D eigenvalue weighted by Gasteiger charge is -2.36. The minimum atomic E-state index is -0.198. The van der Waals surface area contributed by atoms with E-state index in [-0.39, 0.29) is 17.8 Å². The van der Waals surface area contributed by atoms with Crippen molar-refractivity contribution in [2.24, 2.45) is 5.92 Å². The topological polar surface area (TPSA) is 36.8 Å². The summed E-state index contributed by atoms with van der Waals surface area (Å²) in [5.74, 6) is 0.669. The molecule has 2 fully saturated rings. The van der Waals surface area contributed by atoms with E-state index in [2.05, 4.69) is 10.2 Å². The number of benzene rings is 1. The van der Waals surface area contributed by atoms with Gasteiger partial charge in [-0.25, -0.2) is 4.39 Å². The number of nitrogens with zero attached hydrogens (tertiary/aromatic N) is 1. The smallest absolute Gasteiger partial charge is 0.278 e. The number of nitrogens with one attached hydrogen (secondary N) is 2. The van der Waals surface area contributed by atoms with Crippen molar-refractivity contribution < 1.29 is 14.1 Å². The lowest BCUT2D eigenvalue weighted by molar-refractivity contribution is -0.914. The van der Waals surface area contributed by atoms with E-state index in [0.717, 1.165) is 38.4 Å². The van der Waals surface area contributed by atoms with Gasteiger partial charge >= 0.3 is 0 Å². The summed E-state index contributed by atoms with van der Waals surface area (Å²) >= 11 is 0. The highest BCUT2D eigenvalue weighted by atomic mass is 19.1. The average molecular weight is 348 g/mol. The number of anilines is 1. The largest absolute Gasteiger partial charge is 0.360 e. The van der Waals surface area contributed by atoms with E-state index in [1.54, 1.807) is 0 Å². The zero-order chi connectivity index (χ0) is 17.6. The van der Waals surface area contributed by atoms with Crippen LogP contribution in [0, 0.1) is 11.7 Å². The molecule has 1 heterocycles. The monoisotopic (exact) mass is 348 g/mol. The van der Waals surface area contributed by atoms with Gasteiger partial charge in [0.05, 0.1) is 26.2 Å². The summed E-state index contributed by atoms with van der Waals surface area (Å²) < 4.78 is 13.1. The van der Waals surface area contributed by atoms with Crippen LogP contribution in [-0.2, 0) is 4.79 Å². The van der Waals surface area contributed by atoms with Crippen LogP contribution < -0.4 is 15.1 Å². The third-order valence-electron chi connectivity index (χ3n) is 5.89. The molecule has 2 N–H and O–H groups in total. The molecule has 1 aliphatic carbocycles. The Kier molecular flexibility index (Phi) is 6.29. The Labute approximate surface area is 150 Å². The van der Waals surface area contributed by atoms with Crippen LogP contribution in [0.5, 0.6) is 0 Å². The Morgan fingerprint density at radius 3 is 2.48 bits per heavy atom. The zero-order valence-corrected chi connectivity index (χ0v) is 15.3. The molecule has 0 aromatic heterocycles. The molecule has 1 aromatic carbocycles. The minimum absolute atomic E-state index is 0.000964. The van der Waals surface area contributed by atoms with Gasteiger partial charge in [0, 0.05) is 12.2 Å². The summed E-state index contributed by atoms with van der Waals surface area (Å²) in [4.78, 5) is 16.1. The molecule has 0 radical (unpaired) electrons. The Bertz CT molecular complexity index is 549. The number of amides is 1. The Morgan fingerprint density at radius 1 is 1.20 bits per heavy atom. The van der Waals surface area contributed by atoms with Crippen molar-refractivity contribution in [3.63, 3.8) is 0 Å². The summed E-state index contributed by atoms with van der Waals surface area (Å²) in [6.45, 7) is 6.57. The molecule has 25 heavy (non-hydrogen) atoms. The summed E-state index contributed by atoms with van der Waals surface area (Å²) in [5.41, 5.74) is 1.06. The summed E-state index contributed by atoms with van der Waals surface area (Å²) in [7, 11) is 0. The number of rotatable bonds is 5. The van der Waals surface area contributed by atoms with Crippen LogP contribution in [0.3, 0.4) is 0 Å². The first-order valence-electron chi connectivity index (χ1n) is 9.76. The molecule has 1 saturated carbocycles. The van der Waals surface area contributed by atoms with Crippen LogP contribution in [0.25, 0.3) is 0 Å². The molecule has 1 aromatic rings. The molecule has 0 bridgehead atoms. The van der Waals surface area contributed by atoms with Crippen molar-refractivity contribution in [3.8, 4) is 0 Å². The SMILES string of the molecule is C[C@H](C(=O)NCC1CCCCC1)[NH+]1CCN(c2ccc(F)cc2)CC1. The fourth-order valence-corrected chi connectivity index (χ4v) is 4.11. The molecular weight excluding hydrogens is 317 g/mol. The summed E-state index contributed by atoms with van der Waals surface area (Å²) in [6.07, 6.45) is 6.50. The maximum atomic E-state index is 13.1. The van der Waals surface area contributed by atoms with Crippen molar-refractivity contribution in [2.75, 3.05) is 37.6 Å². The highest BCUT2D eigenvalue weighted by Crippen LogP contribution is 2.22. The van der Waals surface area contributed by atoms with Crippen LogP contribution in [0.4, 0.5) is 10.1 Å². The number of carbonyl (C=O) groups excluding carboxylic acids is 1. The van der Waals surface area contributed by atoms with Crippen LogP contribution in [0.15, 0.2) is 24.3 Å². The fourth-order valence-electron chi connectivity index (χ4n) is 4.11. The van der Waals surface area contributed by atoms with E-state index in [1.807, 2.05) is 19.1 Å². The van der Waals surface area contributed by atoms with Crippen molar-refractivity contribution in [1.29, 1.82) is 0 Å². The second-order valence-corrected chi connectivity index (χ2v) is 7.59. The molecule has 2 aliphatic rings. The van der Waals surface area contributed by atoms with E-state index >= 15 is 0 Å². The second-order valence-electron chi connectivity index (χ2n) is 7.59. The first kappa shape index (κ1) is 18.2. The fraction of sp³-hybridized carbons (Fsp3) is 0.650. The molecule has 0 unspecified atom stereocenters. The normalized spacial score (nSPS) is 21.1. The van der Waals surface area contributed by atoms with E-state index in [4.69, 9.17) is 0 Å². The number of piperazine rings is 1. The molecule has 1 aliphatic heterocycles. The third kappa shape index (κ3) is 4.94. The number of hydrogen-bond donors (Lipinski definition) is 2. The zero-order valence-electron chi connectivity index (χ0n) is 15.3. The molecular formula is C20H31FN3O+. The van der Waals surface area contributed by atoms with Gasteiger partial charge in [-0.2, -0.15) is 0 Å². The predicted molar refractivity (Wildman–Crippen MR) is 98.4 cm³/mol. The Morgan fingerprint density at radius 2 is 1.84 bits per heavy atom. The van der Waals surface area contributed by atoms with Gasteiger partial charge in [-0.05, 0) is 49.9 Å². The predicted octanol–water partition coefficient (Wildman–Crippen LogP) is 1.62. The van der Waals surface area contributed by atoms with E-state index in [0.29, 0.717) is 5.92 Å². The van der Waals surface area contributed by atoms with Gasteiger partial charge in [0.25, 0.3) is 5.91 Å². The summed E-state index contributed by atoms with van der Waals surface area (Å²) in [6, 6.07) is 6.69. The molecule has 138 valence electrons. The van der Waals surface area contributed by atoms with Gasteiger partial charge in [-0.15, -0.1) is 0 Å². The number of quaternary nitrogens is 1. The van der Waals surface area contributed by atoms with Crippen molar-refractivity contribution in [1.82, 2.24) is 5.32 Å². The van der Waals surface area contributed by atoms with Gasteiger partial charge in [-0.3, -0.25) is 4.79 Å². The Hall–Kier alpha value is -1.62. The van der Waals surface area contributed by atoms with Crippen LogP contribution in [-0.4, -0.2) is 44.7 Å². The van der Waals surface area contributed by atoms with Crippen LogP contribution in [0.1, 0.15) is 39.0 Å². The number of halogens is 1. The third-order valence-corrected chi connectivity index (χ3v) is 5.89. The van der Waals surface area contributed by atoms with Crippen molar-refractivity contribution in [3.05, 3.63) is 30.1 Å². The van der Waals surface area contributed by atoms with Crippen molar-refractivity contribution >= 4 is 11.6 Å². The Balaban J connectivity index is 1.43. The van der Waals surface area contributed by atoms with Gasteiger partial charge in [0.15, 0.2) is 6.04 Å². The molecule has 5 heteroatoms. The molecule has 1 saturated heterocycles. The first-order chi connectivity index (χ1) is 12.1. The first-order valence-corrected chi connectivity index (χ1v) is 9.76. The van der Waals surface area contributed by atoms with Gasteiger partial charge in [0.2, 0.25) is 0 Å². The average Bonchev–Trinajstić information content (AvgIpc) is 2.67. The lowest BCUT2D eigenvalue weighted by Crippen LogP contribution is -3.19.